The number of nitro benzene ring substituents is 1. The Bertz CT molecular complexity index is 749. The highest BCUT2D eigenvalue weighted by atomic mass is 16.6. The SMILES string of the molecule is O=C(c1c[nH]c2cccc([N+](=O)[O-])c12)C1CC2CCC1C2. The fourth-order valence-electron chi connectivity index (χ4n) is 4.28. The van der Waals surface area contributed by atoms with E-state index < -0.39 is 4.92 Å². The van der Waals surface area contributed by atoms with Gasteiger partial charge in [0, 0.05) is 18.2 Å². The molecule has 2 aromatic rings. The number of nitrogens with one attached hydrogen (secondary N) is 1. The molecule has 5 nitrogen and oxygen atoms in total. The Hall–Kier alpha value is -2.17. The number of hydrogen-bond acceptors (Lipinski definition) is 3. The number of H-pyrrole nitrogens is 1. The molecule has 0 spiro atoms. The van der Waals surface area contributed by atoms with E-state index in [1.54, 1.807) is 18.3 Å². The van der Waals surface area contributed by atoms with Crippen LogP contribution in [-0.4, -0.2) is 15.7 Å². The Morgan fingerprint density at radius 1 is 1.29 bits per heavy atom. The lowest BCUT2D eigenvalue weighted by Gasteiger charge is -2.19. The number of hydrogen-bond donors (Lipinski definition) is 1. The molecule has 5 heteroatoms. The van der Waals surface area contributed by atoms with Gasteiger partial charge in [0.2, 0.25) is 0 Å². The third-order valence-electron chi connectivity index (χ3n) is 5.22. The van der Waals surface area contributed by atoms with Crippen molar-refractivity contribution in [1.82, 2.24) is 4.98 Å². The number of carbonyl (C=O) groups excluding carboxylic acids is 1. The molecule has 1 aromatic carbocycles. The highest BCUT2D eigenvalue weighted by Gasteiger charge is 2.43. The Kier molecular flexibility index (Phi) is 2.64. The quantitative estimate of drug-likeness (QED) is 0.530. The van der Waals surface area contributed by atoms with Gasteiger partial charge in [-0.3, -0.25) is 14.9 Å². The first-order chi connectivity index (χ1) is 10.1. The standard InChI is InChI=1S/C16H16N2O3/c19-16(11-7-9-4-5-10(11)6-9)12-8-17-13-2-1-3-14(15(12)13)18(20)21/h1-3,8-11,17H,4-7H2. The molecule has 1 N–H and O–H groups in total. The molecule has 3 atom stereocenters. The minimum absolute atomic E-state index is 0.0141. The second kappa shape index (κ2) is 4.41. The van der Waals surface area contributed by atoms with Crippen molar-refractivity contribution in [3.8, 4) is 0 Å². The minimum atomic E-state index is -0.409. The van der Waals surface area contributed by atoms with Crippen molar-refractivity contribution < 1.29 is 9.72 Å². The predicted molar refractivity (Wildman–Crippen MR) is 78.2 cm³/mol. The average Bonchev–Trinajstić information content (AvgIpc) is 3.20. The highest BCUT2D eigenvalue weighted by Crippen LogP contribution is 2.49. The van der Waals surface area contributed by atoms with Gasteiger partial charge in [0.25, 0.3) is 5.69 Å². The van der Waals surface area contributed by atoms with Crippen molar-refractivity contribution in [2.75, 3.05) is 0 Å². The maximum Gasteiger partial charge on any atom is 0.279 e. The van der Waals surface area contributed by atoms with E-state index >= 15 is 0 Å². The summed E-state index contributed by atoms with van der Waals surface area (Å²) in [5, 5.41) is 11.7. The monoisotopic (exact) mass is 284 g/mol. The predicted octanol–water partition coefficient (Wildman–Crippen LogP) is 3.70. The molecule has 1 aromatic heterocycles. The van der Waals surface area contributed by atoms with Crippen LogP contribution < -0.4 is 0 Å². The molecule has 2 saturated carbocycles. The molecule has 3 unspecified atom stereocenters. The molecule has 0 aliphatic heterocycles. The van der Waals surface area contributed by atoms with Crippen molar-refractivity contribution in [2.45, 2.75) is 25.7 Å². The van der Waals surface area contributed by atoms with E-state index in [2.05, 4.69) is 4.98 Å². The topological polar surface area (TPSA) is 76.0 Å². The lowest BCUT2D eigenvalue weighted by molar-refractivity contribution is -0.383. The number of rotatable bonds is 3. The van der Waals surface area contributed by atoms with Crippen LogP contribution >= 0.6 is 0 Å². The van der Waals surface area contributed by atoms with Crippen molar-refractivity contribution in [3.63, 3.8) is 0 Å². The van der Waals surface area contributed by atoms with Gasteiger partial charge in [0.05, 0.1) is 21.4 Å². The summed E-state index contributed by atoms with van der Waals surface area (Å²) in [7, 11) is 0. The Labute approximate surface area is 121 Å². The fourth-order valence-corrected chi connectivity index (χ4v) is 4.28. The molecule has 0 saturated heterocycles. The summed E-state index contributed by atoms with van der Waals surface area (Å²) >= 11 is 0. The number of aromatic amines is 1. The number of benzene rings is 1. The minimum Gasteiger partial charge on any atom is -0.360 e. The van der Waals surface area contributed by atoms with Gasteiger partial charge in [-0.25, -0.2) is 0 Å². The van der Waals surface area contributed by atoms with Gasteiger partial charge in [0.1, 0.15) is 0 Å². The third kappa shape index (κ3) is 1.80. The normalized spacial score (nSPS) is 27.3. The van der Waals surface area contributed by atoms with Crippen LogP contribution in [0.5, 0.6) is 0 Å². The molecule has 0 amide bonds. The van der Waals surface area contributed by atoms with Gasteiger partial charge in [-0.15, -0.1) is 0 Å². The molecule has 4 rings (SSSR count). The number of aromatic nitrogens is 1. The third-order valence-corrected chi connectivity index (χ3v) is 5.22. The Morgan fingerprint density at radius 2 is 2.14 bits per heavy atom. The van der Waals surface area contributed by atoms with Crippen LogP contribution in [0.3, 0.4) is 0 Å². The molecular formula is C16H16N2O3. The van der Waals surface area contributed by atoms with E-state index in [0.717, 1.165) is 19.3 Å². The number of non-ortho nitro benzene ring substituents is 1. The van der Waals surface area contributed by atoms with E-state index in [1.165, 1.54) is 12.5 Å². The second-order valence-electron chi connectivity index (χ2n) is 6.30. The zero-order valence-corrected chi connectivity index (χ0v) is 11.5. The van der Waals surface area contributed by atoms with Gasteiger partial charge < -0.3 is 4.98 Å². The summed E-state index contributed by atoms with van der Waals surface area (Å²) in [5.74, 6) is 1.31. The first-order valence-electron chi connectivity index (χ1n) is 7.44. The van der Waals surface area contributed by atoms with Crippen molar-refractivity contribution >= 4 is 22.4 Å². The zero-order chi connectivity index (χ0) is 14.6. The summed E-state index contributed by atoms with van der Waals surface area (Å²) in [5.41, 5.74) is 1.17. The summed E-state index contributed by atoms with van der Waals surface area (Å²) in [6.07, 6.45) is 6.12. The maximum atomic E-state index is 12.8. The number of Topliss-reactive ketones (excluding diaryl/α,β-unsaturated/α-hetero) is 1. The molecule has 0 radical (unpaired) electrons. The van der Waals surface area contributed by atoms with Crippen LogP contribution in [0.2, 0.25) is 0 Å². The second-order valence-corrected chi connectivity index (χ2v) is 6.30. The molecule has 21 heavy (non-hydrogen) atoms. The van der Waals surface area contributed by atoms with Gasteiger partial charge in [-0.1, -0.05) is 12.5 Å². The van der Waals surface area contributed by atoms with E-state index in [0.29, 0.717) is 28.3 Å². The van der Waals surface area contributed by atoms with Crippen LogP contribution in [-0.2, 0) is 0 Å². The van der Waals surface area contributed by atoms with Crippen LogP contribution in [0, 0.1) is 27.9 Å². The van der Waals surface area contributed by atoms with E-state index in [1.807, 2.05) is 0 Å². The van der Waals surface area contributed by atoms with Gasteiger partial charge in [-0.2, -0.15) is 0 Å². The summed E-state index contributed by atoms with van der Waals surface area (Å²) in [6, 6.07) is 4.89. The summed E-state index contributed by atoms with van der Waals surface area (Å²) in [4.78, 5) is 26.7. The average molecular weight is 284 g/mol. The van der Waals surface area contributed by atoms with E-state index in [4.69, 9.17) is 0 Å². The van der Waals surface area contributed by atoms with E-state index in [9.17, 15) is 14.9 Å². The molecule has 2 bridgehead atoms. The van der Waals surface area contributed by atoms with Gasteiger partial charge in [0.15, 0.2) is 5.78 Å². The van der Waals surface area contributed by atoms with Gasteiger partial charge >= 0.3 is 0 Å². The van der Waals surface area contributed by atoms with Crippen molar-refractivity contribution in [1.29, 1.82) is 0 Å². The van der Waals surface area contributed by atoms with Crippen molar-refractivity contribution in [3.05, 3.63) is 40.1 Å². The lowest BCUT2D eigenvalue weighted by atomic mass is 9.83. The van der Waals surface area contributed by atoms with Crippen LogP contribution in [0.15, 0.2) is 24.4 Å². The Morgan fingerprint density at radius 3 is 2.81 bits per heavy atom. The first-order valence-corrected chi connectivity index (χ1v) is 7.44. The summed E-state index contributed by atoms with van der Waals surface area (Å²) < 4.78 is 0. The Balaban J connectivity index is 1.80. The number of carbonyl (C=O) groups is 1. The van der Waals surface area contributed by atoms with E-state index in [-0.39, 0.29) is 17.4 Å². The number of ketones is 1. The van der Waals surface area contributed by atoms with Crippen LogP contribution in [0.4, 0.5) is 5.69 Å². The van der Waals surface area contributed by atoms with Gasteiger partial charge in [-0.05, 0) is 37.2 Å². The molecule has 1 heterocycles. The molecule has 108 valence electrons. The largest absolute Gasteiger partial charge is 0.360 e. The first kappa shape index (κ1) is 12.6. The highest BCUT2D eigenvalue weighted by molar-refractivity contribution is 6.12. The smallest absolute Gasteiger partial charge is 0.279 e. The van der Waals surface area contributed by atoms with Crippen molar-refractivity contribution in [2.24, 2.45) is 17.8 Å². The number of nitrogens with zero attached hydrogens (tertiary/aromatic N) is 1. The number of fused-ring (bicyclic) bond motifs is 3. The lowest BCUT2D eigenvalue weighted by Crippen LogP contribution is -2.20. The molecule has 2 fully saturated rings. The number of nitro groups is 1. The molecule has 2 aliphatic carbocycles. The summed E-state index contributed by atoms with van der Waals surface area (Å²) in [6.45, 7) is 0. The zero-order valence-electron chi connectivity index (χ0n) is 11.5. The fraction of sp³-hybridized carbons (Fsp3) is 0.438. The maximum absolute atomic E-state index is 12.8. The molecule has 2 aliphatic rings. The van der Waals surface area contributed by atoms with Crippen LogP contribution in [0.25, 0.3) is 10.9 Å². The van der Waals surface area contributed by atoms with Crippen LogP contribution in [0.1, 0.15) is 36.0 Å². The molecular weight excluding hydrogens is 268 g/mol.